The highest BCUT2D eigenvalue weighted by atomic mass is 79.9. The molecular formula is C9H6BrClN2O2. The second-order valence-electron chi connectivity index (χ2n) is 3.16. The van der Waals surface area contributed by atoms with Gasteiger partial charge in [-0.05, 0) is 22.0 Å². The van der Waals surface area contributed by atoms with Crippen LogP contribution in [-0.4, -0.2) is 23.2 Å². The maximum atomic E-state index is 11.4. The van der Waals surface area contributed by atoms with E-state index in [0.29, 0.717) is 15.3 Å². The number of aromatic nitrogens is 1. The first-order valence-corrected chi connectivity index (χ1v) is 5.38. The largest absolute Gasteiger partial charge is 0.303 e. The molecule has 0 aromatic carbocycles. The predicted octanol–water partition coefficient (Wildman–Crippen LogP) is 1.80. The van der Waals surface area contributed by atoms with Crippen LogP contribution in [-0.2, 0) is 9.59 Å². The van der Waals surface area contributed by atoms with E-state index in [1.165, 1.54) is 11.1 Å². The van der Waals surface area contributed by atoms with Crippen LogP contribution in [0.15, 0.2) is 16.7 Å². The fraction of sp³-hybridized carbons (Fsp3) is 0.222. The zero-order chi connectivity index (χ0) is 11.0. The van der Waals surface area contributed by atoms with Gasteiger partial charge in [-0.1, -0.05) is 11.6 Å². The van der Waals surface area contributed by atoms with Crippen LogP contribution >= 0.6 is 27.5 Å². The van der Waals surface area contributed by atoms with Crippen molar-refractivity contribution in [3.05, 3.63) is 21.9 Å². The quantitative estimate of drug-likeness (QED) is 0.585. The highest BCUT2D eigenvalue weighted by molar-refractivity contribution is 9.10. The molecule has 78 valence electrons. The Balaban J connectivity index is 2.34. The number of ketones is 1. The van der Waals surface area contributed by atoms with Gasteiger partial charge in [0.2, 0.25) is 5.91 Å². The molecule has 1 aromatic rings. The topological polar surface area (TPSA) is 50.3 Å². The number of hydrogen-bond donors (Lipinski definition) is 0. The number of Topliss-reactive ketones (excluding diaryl/α,β-unsaturated/α-hetero) is 1. The summed E-state index contributed by atoms with van der Waals surface area (Å²) in [7, 11) is 0. The van der Waals surface area contributed by atoms with Gasteiger partial charge in [0, 0.05) is 0 Å². The molecule has 1 saturated heterocycles. The van der Waals surface area contributed by atoms with Crippen molar-refractivity contribution in [3.8, 4) is 0 Å². The van der Waals surface area contributed by atoms with E-state index in [9.17, 15) is 9.59 Å². The average Bonchev–Trinajstić information content (AvgIpc) is 2.50. The first kappa shape index (κ1) is 10.6. The first-order valence-electron chi connectivity index (χ1n) is 4.21. The van der Waals surface area contributed by atoms with Crippen LogP contribution in [0.4, 0.5) is 5.69 Å². The van der Waals surface area contributed by atoms with Crippen LogP contribution in [0, 0.1) is 0 Å². The normalized spacial score (nSPS) is 16.3. The van der Waals surface area contributed by atoms with Gasteiger partial charge in [0.15, 0.2) is 5.78 Å². The first-order chi connectivity index (χ1) is 7.08. The molecule has 6 heteroatoms. The SMILES string of the molecule is O=C1CC(=O)N(c2cnc(Cl)c(Br)c2)C1. The lowest BCUT2D eigenvalue weighted by Gasteiger charge is -2.14. The average molecular weight is 290 g/mol. The molecule has 2 heterocycles. The number of nitrogens with zero attached hydrogens (tertiary/aromatic N) is 2. The van der Waals surface area contributed by atoms with Gasteiger partial charge in [-0.3, -0.25) is 9.59 Å². The molecule has 1 aliphatic heterocycles. The maximum Gasteiger partial charge on any atom is 0.234 e. The van der Waals surface area contributed by atoms with E-state index in [1.807, 2.05) is 0 Å². The number of halogens is 2. The summed E-state index contributed by atoms with van der Waals surface area (Å²) in [5, 5.41) is 0.330. The lowest BCUT2D eigenvalue weighted by molar-refractivity contribution is -0.121. The second kappa shape index (κ2) is 3.90. The van der Waals surface area contributed by atoms with E-state index < -0.39 is 0 Å². The molecule has 1 fully saturated rings. The van der Waals surface area contributed by atoms with E-state index in [4.69, 9.17) is 11.6 Å². The number of hydrogen-bond acceptors (Lipinski definition) is 3. The number of anilines is 1. The van der Waals surface area contributed by atoms with Crippen molar-refractivity contribution in [1.82, 2.24) is 4.98 Å². The molecule has 0 aliphatic carbocycles. The van der Waals surface area contributed by atoms with Gasteiger partial charge >= 0.3 is 0 Å². The van der Waals surface area contributed by atoms with Gasteiger partial charge in [0.05, 0.1) is 29.3 Å². The molecule has 1 aromatic heterocycles. The molecule has 4 nitrogen and oxygen atoms in total. The zero-order valence-corrected chi connectivity index (χ0v) is 9.88. The molecule has 0 atom stereocenters. The second-order valence-corrected chi connectivity index (χ2v) is 4.37. The van der Waals surface area contributed by atoms with E-state index >= 15 is 0 Å². The van der Waals surface area contributed by atoms with Crippen molar-refractivity contribution in [1.29, 1.82) is 0 Å². The number of amides is 1. The lowest BCUT2D eigenvalue weighted by Crippen LogP contribution is -2.24. The number of pyridine rings is 1. The summed E-state index contributed by atoms with van der Waals surface area (Å²) in [6.07, 6.45) is 1.45. The van der Waals surface area contributed by atoms with Crippen molar-refractivity contribution >= 4 is 44.9 Å². The Morgan fingerprint density at radius 3 is 2.73 bits per heavy atom. The van der Waals surface area contributed by atoms with Gasteiger partial charge in [-0.2, -0.15) is 0 Å². The van der Waals surface area contributed by atoms with Gasteiger partial charge in [0.1, 0.15) is 5.15 Å². The Bertz CT molecular complexity index is 450. The fourth-order valence-electron chi connectivity index (χ4n) is 1.38. The molecule has 1 aliphatic rings. The minimum absolute atomic E-state index is 0.0275. The molecule has 0 spiro atoms. The summed E-state index contributed by atoms with van der Waals surface area (Å²) in [5.74, 6) is -0.276. The summed E-state index contributed by atoms with van der Waals surface area (Å²) in [6.45, 7) is 0.120. The molecule has 0 bridgehead atoms. The Kier molecular flexibility index (Phi) is 2.75. The summed E-state index contributed by atoms with van der Waals surface area (Å²) in [5.41, 5.74) is 0.585. The summed E-state index contributed by atoms with van der Waals surface area (Å²) >= 11 is 8.93. The van der Waals surface area contributed by atoms with Crippen LogP contribution in [0.25, 0.3) is 0 Å². The predicted molar refractivity (Wildman–Crippen MR) is 58.9 cm³/mol. The van der Waals surface area contributed by atoms with Crippen molar-refractivity contribution in [2.75, 3.05) is 11.4 Å². The third kappa shape index (κ3) is 2.03. The van der Waals surface area contributed by atoms with Crippen LogP contribution in [0.3, 0.4) is 0 Å². The van der Waals surface area contributed by atoms with Gasteiger partial charge in [-0.15, -0.1) is 0 Å². The van der Waals surface area contributed by atoms with Crippen molar-refractivity contribution in [2.45, 2.75) is 6.42 Å². The van der Waals surface area contributed by atoms with E-state index in [2.05, 4.69) is 20.9 Å². The molecule has 0 N–H and O–H groups in total. The Labute approximate surface area is 99.4 Å². The Morgan fingerprint density at radius 1 is 1.47 bits per heavy atom. The fourth-order valence-corrected chi connectivity index (χ4v) is 1.82. The van der Waals surface area contributed by atoms with Crippen LogP contribution in [0.5, 0.6) is 0 Å². The molecule has 2 rings (SSSR count). The summed E-state index contributed by atoms with van der Waals surface area (Å²) < 4.78 is 0.605. The molecule has 0 unspecified atom stereocenters. The van der Waals surface area contributed by atoms with Crippen LogP contribution in [0.1, 0.15) is 6.42 Å². The minimum Gasteiger partial charge on any atom is -0.303 e. The zero-order valence-electron chi connectivity index (χ0n) is 7.54. The number of rotatable bonds is 1. The van der Waals surface area contributed by atoms with Crippen LogP contribution in [0.2, 0.25) is 5.15 Å². The maximum absolute atomic E-state index is 11.4. The highest BCUT2D eigenvalue weighted by Crippen LogP contribution is 2.26. The Hall–Kier alpha value is -0.940. The monoisotopic (exact) mass is 288 g/mol. The third-order valence-electron chi connectivity index (χ3n) is 2.08. The van der Waals surface area contributed by atoms with Crippen molar-refractivity contribution in [3.63, 3.8) is 0 Å². The standard InChI is InChI=1S/C9H6BrClN2O2/c10-7-1-5(3-12-9(7)11)13-4-6(14)2-8(13)15/h1,3H,2,4H2. The number of carbonyl (C=O) groups excluding carboxylic acids is 2. The molecule has 0 radical (unpaired) electrons. The molecule has 1 amide bonds. The van der Waals surface area contributed by atoms with Gasteiger partial charge in [0.25, 0.3) is 0 Å². The summed E-state index contributed by atoms with van der Waals surface area (Å²) in [4.78, 5) is 27.8. The van der Waals surface area contributed by atoms with Gasteiger partial charge in [-0.25, -0.2) is 4.98 Å². The van der Waals surface area contributed by atoms with E-state index in [0.717, 1.165) is 0 Å². The minimum atomic E-state index is -0.198. The molecule has 0 saturated carbocycles. The lowest BCUT2D eigenvalue weighted by atomic mass is 10.3. The summed E-state index contributed by atoms with van der Waals surface area (Å²) in [6, 6.07) is 1.67. The van der Waals surface area contributed by atoms with Crippen molar-refractivity contribution in [2.24, 2.45) is 0 Å². The Morgan fingerprint density at radius 2 is 2.20 bits per heavy atom. The molecular weight excluding hydrogens is 283 g/mol. The molecule has 15 heavy (non-hydrogen) atoms. The highest BCUT2D eigenvalue weighted by Gasteiger charge is 2.28. The van der Waals surface area contributed by atoms with Crippen molar-refractivity contribution < 1.29 is 9.59 Å². The van der Waals surface area contributed by atoms with Gasteiger partial charge < -0.3 is 4.90 Å². The third-order valence-corrected chi connectivity index (χ3v) is 3.21. The smallest absolute Gasteiger partial charge is 0.234 e. The van der Waals surface area contributed by atoms with E-state index in [-0.39, 0.29) is 24.7 Å². The van der Waals surface area contributed by atoms with Crippen LogP contribution < -0.4 is 4.90 Å². The van der Waals surface area contributed by atoms with E-state index in [1.54, 1.807) is 6.07 Å². The number of carbonyl (C=O) groups is 2.